The summed E-state index contributed by atoms with van der Waals surface area (Å²) in [6.07, 6.45) is 4.01. The van der Waals surface area contributed by atoms with Gasteiger partial charge in [-0.3, -0.25) is 4.79 Å². The second-order valence-corrected chi connectivity index (χ2v) is 5.52. The second kappa shape index (κ2) is 5.93. The zero-order chi connectivity index (χ0) is 14.8. The fourth-order valence-electron chi connectivity index (χ4n) is 3.28. The van der Waals surface area contributed by atoms with Gasteiger partial charge in [0.25, 0.3) is 0 Å². The van der Waals surface area contributed by atoms with Crippen molar-refractivity contribution in [3.05, 3.63) is 18.2 Å². The van der Waals surface area contributed by atoms with Gasteiger partial charge in [0.2, 0.25) is 11.9 Å². The maximum Gasteiger partial charge on any atom is 0.225 e. The number of hydrogen-bond donors (Lipinski definition) is 1. The summed E-state index contributed by atoms with van der Waals surface area (Å²) in [6.45, 7) is 2.05. The number of nitrogens with zero attached hydrogens (tertiary/aromatic N) is 3. The zero-order valence-corrected chi connectivity index (χ0v) is 12.0. The van der Waals surface area contributed by atoms with Crippen LogP contribution in [0.25, 0.3) is 0 Å². The lowest BCUT2D eigenvalue weighted by Gasteiger charge is -2.44. The van der Waals surface area contributed by atoms with E-state index < -0.39 is 5.82 Å². The first-order chi connectivity index (χ1) is 10.2. The number of fused-ring (bicyclic) bond motifs is 1. The highest BCUT2D eigenvalue weighted by Gasteiger charge is 2.41. The molecule has 2 aliphatic rings. The van der Waals surface area contributed by atoms with Gasteiger partial charge in [0, 0.05) is 38.6 Å². The molecule has 3 atom stereocenters. The highest BCUT2D eigenvalue weighted by molar-refractivity contribution is 5.79. The number of halogens is 1. The fourth-order valence-corrected chi connectivity index (χ4v) is 3.28. The Morgan fingerprint density at radius 2 is 2.19 bits per heavy atom. The van der Waals surface area contributed by atoms with E-state index in [4.69, 9.17) is 4.74 Å². The lowest BCUT2D eigenvalue weighted by atomic mass is 9.79. The Balaban J connectivity index is 1.76. The lowest BCUT2D eigenvalue weighted by molar-refractivity contribution is -0.136. The molecule has 6 nitrogen and oxygen atoms in total. The Labute approximate surface area is 122 Å². The van der Waals surface area contributed by atoms with E-state index in [9.17, 15) is 9.18 Å². The smallest absolute Gasteiger partial charge is 0.225 e. The minimum absolute atomic E-state index is 0.0444. The highest BCUT2D eigenvalue weighted by Crippen LogP contribution is 2.34. The molecule has 2 saturated heterocycles. The molecule has 0 spiro atoms. The Morgan fingerprint density at radius 1 is 1.43 bits per heavy atom. The molecule has 0 radical (unpaired) electrons. The number of carbonyl (C=O) groups is 1. The maximum atomic E-state index is 12.9. The maximum absolute atomic E-state index is 12.9. The molecule has 0 aliphatic carbocycles. The van der Waals surface area contributed by atoms with Gasteiger partial charge >= 0.3 is 0 Å². The SMILES string of the molecule is CNC(=O)[C@@H]1CCO[C@@H]2CCN(c3ncc(F)cn3)C[C@H]21. The van der Waals surface area contributed by atoms with Gasteiger partial charge in [-0.15, -0.1) is 0 Å². The van der Waals surface area contributed by atoms with Crippen molar-refractivity contribution >= 4 is 11.9 Å². The van der Waals surface area contributed by atoms with Crippen molar-refractivity contribution < 1.29 is 13.9 Å². The molecule has 114 valence electrons. The molecule has 2 fully saturated rings. The molecule has 2 aliphatic heterocycles. The minimum atomic E-state index is -0.446. The number of rotatable bonds is 2. The van der Waals surface area contributed by atoms with Crippen molar-refractivity contribution in [2.75, 3.05) is 31.6 Å². The predicted molar refractivity (Wildman–Crippen MR) is 74.2 cm³/mol. The standard InChI is InChI=1S/C14H19FN4O2/c1-16-13(20)10-3-5-21-12-2-4-19(8-11(10)12)14-17-6-9(15)7-18-14/h6-7,10-12H,2-5,8H2,1H3,(H,16,20)/t10-,11+,12-/m1/s1. The van der Waals surface area contributed by atoms with E-state index in [2.05, 4.69) is 15.3 Å². The Morgan fingerprint density at radius 3 is 2.90 bits per heavy atom. The molecule has 0 bridgehead atoms. The van der Waals surface area contributed by atoms with Gasteiger partial charge in [-0.1, -0.05) is 0 Å². The van der Waals surface area contributed by atoms with Crippen LogP contribution in [-0.4, -0.2) is 48.7 Å². The summed E-state index contributed by atoms with van der Waals surface area (Å²) < 4.78 is 18.7. The monoisotopic (exact) mass is 294 g/mol. The fraction of sp³-hybridized carbons (Fsp3) is 0.643. The zero-order valence-electron chi connectivity index (χ0n) is 12.0. The van der Waals surface area contributed by atoms with Crippen LogP contribution in [0.3, 0.4) is 0 Å². The first-order valence-corrected chi connectivity index (χ1v) is 7.24. The van der Waals surface area contributed by atoms with Gasteiger partial charge in [0.15, 0.2) is 5.82 Å². The van der Waals surface area contributed by atoms with Crippen molar-refractivity contribution in [2.24, 2.45) is 11.8 Å². The van der Waals surface area contributed by atoms with E-state index in [0.29, 0.717) is 19.1 Å². The number of aromatic nitrogens is 2. The number of amides is 1. The van der Waals surface area contributed by atoms with Crippen LogP contribution in [0.2, 0.25) is 0 Å². The van der Waals surface area contributed by atoms with Crippen LogP contribution in [-0.2, 0) is 9.53 Å². The molecule has 7 heteroatoms. The molecule has 3 rings (SSSR count). The lowest BCUT2D eigenvalue weighted by Crippen LogP contribution is -2.53. The van der Waals surface area contributed by atoms with Gasteiger partial charge in [-0.05, 0) is 12.8 Å². The Hall–Kier alpha value is -1.76. The quantitative estimate of drug-likeness (QED) is 0.865. The molecule has 1 N–H and O–H groups in total. The largest absolute Gasteiger partial charge is 0.378 e. The molecule has 1 aromatic rings. The van der Waals surface area contributed by atoms with Crippen LogP contribution in [0.4, 0.5) is 10.3 Å². The van der Waals surface area contributed by atoms with E-state index in [0.717, 1.165) is 19.4 Å². The van der Waals surface area contributed by atoms with Crippen molar-refractivity contribution in [1.29, 1.82) is 0 Å². The van der Waals surface area contributed by atoms with E-state index >= 15 is 0 Å². The summed E-state index contributed by atoms with van der Waals surface area (Å²) in [4.78, 5) is 22.1. The second-order valence-electron chi connectivity index (χ2n) is 5.52. The molecule has 1 aromatic heterocycles. The summed E-state index contributed by atoms with van der Waals surface area (Å²) in [6, 6.07) is 0. The number of anilines is 1. The summed E-state index contributed by atoms with van der Waals surface area (Å²) in [5.41, 5.74) is 0. The summed E-state index contributed by atoms with van der Waals surface area (Å²) in [5.74, 6) is 0.210. The number of nitrogens with one attached hydrogen (secondary N) is 1. The van der Waals surface area contributed by atoms with E-state index in [-0.39, 0.29) is 23.8 Å². The van der Waals surface area contributed by atoms with E-state index in [1.165, 1.54) is 12.4 Å². The molecule has 1 amide bonds. The van der Waals surface area contributed by atoms with Crippen LogP contribution in [0.15, 0.2) is 12.4 Å². The molecule has 0 saturated carbocycles. The molecule has 3 heterocycles. The van der Waals surface area contributed by atoms with Crippen LogP contribution < -0.4 is 10.2 Å². The molecule has 21 heavy (non-hydrogen) atoms. The third-order valence-electron chi connectivity index (χ3n) is 4.34. The van der Waals surface area contributed by atoms with Crippen LogP contribution >= 0.6 is 0 Å². The predicted octanol–water partition coefficient (Wildman–Crippen LogP) is 0.593. The third kappa shape index (κ3) is 2.83. The topological polar surface area (TPSA) is 67.3 Å². The van der Waals surface area contributed by atoms with E-state index in [1.54, 1.807) is 7.05 Å². The van der Waals surface area contributed by atoms with Crippen LogP contribution in [0, 0.1) is 17.7 Å². The van der Waals surface area contributed by atoms with Crippen LogP contribution in [0.1, 0.15) is 12.8 Å². The number of ether oxygens (including phenoxy) is 1. The number of piperidine rings is 1. The summed E-state index contributed by atoms with van der Waals surface area (Å²) in [5, 5.41) is 2.74. The third-order valence-corrected chi connectivity index (χ3v) is 4.34. The molecule has 0 unspecified atom stereocenters. The van der Waals surface area contributed by atoms with Gasteiger partial charge in [0.05, 0.1) is 18.5 Å². The van der Waals surface area contributed by atoms with Crippen molar-refractivity contribution in [3.63, 3.8) is 0 Å². The van der Waals surface area contributed by atoms with Gasteiger partial charge in [-0.2, -0.15) is 0 Å². The van der Waals surface area contributed by atoms with Crippen LogP contribution in [0.5, 0.6) is 0 Å². The van der Waals surface area contributed by atoms with Gasteiger partial charge in [0.1, 0.15) is 0 Å². The average molecular weight is 294 g/mol. The Bertz CT molecular complexity index is 510. The highest BCUT2D eigenvalue weighted by atomic mass is 19.1. The van der Waals surface area contributed by atoms with Crippen molar-refractivity contribution in [1.82, 2.24) is 15.3 Å². The van der Waals surface area contributed by atoms with E-state index in [1.807, 2.05) is 4.90 Å². The minimum Gasteiger partial charge on any atom is -0.378 e. The normalized spacial score (nSPS) is 28.9. The number of hydrogen-bond acceptors (Lipinski definition) is 5. The summed E-state index contributed by atoms with van der Waals surface area (Å²) >= 11 is 0. The molecule has 0 aromatic carbocycles. The van der Waals surface area contributed by atoms with Gasteiger partial charge < -0.3 is 15.0 Å². The molecular formula is C14H19FN4O2. The first-order valence-electron chi connectivity index (χ1n) is 7.24. The number of carbonyl (C=O) groups excluding carboxylic acids is 1. The molecular weight excluding hydrogens is 275 g/mol. The average Bonchev–Trinajstić information content (AvgIpc) is 2.54. The summed E-state index contributed by atoms with van der Waals surface area (Å²) in [7, 11) is 1.66. The van der Waals surface area contributed by atoms with Gasteiger partial charge in [-0.25, -0.2) is 14.4 Å². The Kier molecular flexibility index (Phi) is 4.01. The van der Waals surface area contributed by atoms with Crippen molar-refractivity contribution in [2.45, 2.75) is 18.9 Å². The van der Waals surface area contributed by atoms with Crippen molar-refractivity contribution in [3.8, 4) is 0 Å². The first kappa shape index (κ1) is 14.2.